The second-order valence-electron chi connectivity index (χ2n) is 3.05. The Morgan fingerprint density at radius 1 is 1.38 bits per heavy atom. The maximum atomic E-state index is 11.1. The second-order valence-corrected chi connectivity index (χ2v) is 3.05. The summed E-state index contributed by atoms with van der Waals surface area (Å²) in [5.74, 6) is -0.404. The van der Waals surface area contributed by atoms with E-state index in [9.17, 15) is 15.0 Å². The highest BCUT2D eigenvalue weighted by molar-refractivity contribution is 5.82. The van der Waals surface area contributed by atoms with Crippen LogP contribution in [0.1, 0.15) is 0 Å². The lowest BCUT2D eigenvalue weighted by Crippen LogP contribution is -2.64. The Bertz CT molecular complexity index is 199. The molecule has 6 nitrogen and oxygen atoms in total. The van der Waals surface area contributed by atoms with Gasteiger partial charge in [0, 0.05) is 13.6 Å². The predicted molar refractivity (Wildman–Crippen MR) is 43.9 cm³/mol. The number of aliphatic hydroxyl groups excluding tert-OH is 3. The lowest BCUT2D eigenvalue weighted by atomic mass is 9.95. The third-order valence-electron chi connectivity index (χ3n) is 2.16. The van der Waals surface area contributed by atoms with Crippen LogP contribution in [0.2, 0.25) is 0 Å². The first-order valence-corrected chi connectivity index (χ1v) is 4.07. The van der Waals surface area contributed by atoms with Gasteiger partial charge in [-0.05, 0) is 0 Å². The highest BCUT2D eigenvalue weighted by Gasteiger charge is 2.39. The second kappa shape index (κ2) is 4.01. The number of carbonyl (C=O) groups is 1. The molecule has 76 valence electrons. The molecule has 0 aliphatic carbocycles. The van der Waals surface area contributed by atoms with Crippen LogP contribution in [0.25, 0.3) is 0 Å². The molecule has 1 saturated heterocycles. The lowest BCUT2D eigenvalue weighted by molar-refractivity contribution is -0.137. The van der Waals surface area contributed by atoms with Crippen LogP contribution in [-0.4, -0.2) is 59.2 Å². The molecule has 0 spiro atoms. The number of β-amino-alcohol motifs (C(OH)–C–C–N with tert-alkyl or cyclic N) is 1. The van der Waals surface area contributed by atoms with Crippen LogP contribution < -0.4 is 10.6 Å². The fourth-order valence-corrected chi connectivity index (χ4v) is 1.32. The highest BCUT2D eigenvalue weighted by Crippen LogP contribution is 2.10. The van der Waals surface area contributed by atoms with Crippen molar-refractivity contribution in [1.82, 2.24) is 10.6 Å². The molecule has 1 rings (SSSR count). The zero-order valence-electron chi connectivity index (χ0n) is 7.27. The molecule has 0 bridgehead atoms. The molecular weight excluding hydrogens is 176 g/mol. The first kappa shape index (κ1) is 10.4. The van der Waals surface area contributed by atoms with E-state index in [1.165, 1.54) is 7.05 Å². The summed E-state index contributed by atoms with van der Waals surface area (Å²) in [6.07, 6.45) is -3.58. The SMILES string of the molecule is CNC(=O)[C@H]1NC[C@H](O)[C@@H](O)[C@@H]1O. The monoisotopic (exact) mass is 190 g/mol. The van der Waals surface area contributed by atoms with Crippen molar-refractivity contribution in [3.8, 4) is 0 Å². The summed E-state index contributed by atoms with van der Waals surface area (Å²) in [4.78, 5) is 11.1. The summed E-state index contributed by atoms with van der Waals surface area (Å²) < 4.78 is 0. The van der Waals surface area contributed by atoms with Gasteiger partial charge in [0.05, 0.1) is 6.10 Å². The summed E-state index contributed by atoms with van der Waals surface area (Å²) >= 11 is 0. The zero-order valence-corrected chi connectivity index (χ0v) is 7.27. The molecular formula is C7H14N2O4. The number of piperidine rings is 1. The molecule has 0 radical (unpaired) electrons. The molecule has 1 fully saturated rings. The molecule has 1 aliphatic heterocycles. The molecule has 13 heavy (non-hydrogen) atoms. The Morgan fingerprint density at radius 3 is 2.54 bits per heavy atom. The minimum Gasteiger partial charge on any atom is -0.389 e. The van der Waals surface area contributed by atoms with Crippen molar-refractivity contribution < 1.29 is 20.1 Å². The summed E-state index contributed by atoms with van der Waals surface area (Å²) in [6, 6.07) is -0.858. The van der Waals surface area contributed by atoms with Gasteiger partial charge in [-0.25, -0.2) is 0 Å². The Balaban J connectivity index is 2.63. The van der Waals surface area contributed by atoms with Crippen LogP contribution in [0.4, 0.5) is 0 Å². The van der Waals surface area contributed by atoms with Gasteiger partial charge in [0.1, 0.15) is 18.2 Å². The van der Waals surface area contributed by atoms with Crippen LogP contribution >= 0.6 is 0 Å². The van der Waals surface area contributed by atoms with Gasteiger partial charge in [0.15, 0.2) is 0 Å². The number of amides is 1. The van der Waals surface area contributed by atoms with Crippen molar-refractivity contribution in [2.24, 2.45) is 0 Å². The van der Waals surface area contributed by atoms with Gasteiger partial charge in [-0.3, -0.25) is 4.79 Å². The van der Waals surface area contributed by atoms with Gasteiger partial charge in [-0.2, -0.15) is 0 Å². The third kappa shape index (κ3) is 1.97. The van der Waals surface area contributed by atoms with Crippen molar-refractivity contribution in [2.75, 3.05) is 13.6 Å². The minimum absolute atomic E-state index is 0.0936. The quantitative estimate of drug-likeness (QED) is 0.299. The molecule has 0 saturated carbocycles. The molecule has 0 aromatic heterocycles. The van der Waals surface area contributed by atoms with Crippen molar-refractivity contribution in [3.63, 3.8) is 0 Å². The van der Waals surface area contributed by atoms with Crippen LogP contribution in [0.3, 0.4) is 0 Å². The lowest BCUT2D eigenvalue weighted by Gasteiger charge is -2.34. The molecule has 5 N–H and O–H groups in total. The van der Waals surface area contributed by atoms with Crippen LogP contribution in [0, 0.1) is 0 Å². The van der Waals surface area contributed by atoms with E-state index in [4.69, 9.17) is 5.11 Å². The third-order valence-corrected chi connectivity index (χ3v) is 2.16. The number of likely N-dealkylation sites (N-methyl/N-ethyl adjacent to an activating group) is 1. The van der Waals surface area contributed by atoms with Crippen molar-refractivity contribution >= 4 is 5.91 Å². The Labute approximate surface area is 75.6 Å². The molecule has 0 aromatic rings. The smallest absolute Gasteiger partial charge is 0.239 e. The van der Waals surface area contributed by atoms with Gasteiger partial charge >= 0.3 is 0 Å². The zero-order chi connectivity index (χ0) is 10.0. The molecule has 1 aliphatic rings. The summed E-state index contributed by atoms with van der Waals surface area (Å²) in [5, 5.41) is 32.7. The molecule has 6 heteroatoms. The standard InChI is InChI=1S/C7H14N2O4/c1-8-7(13)4-6(12)5(11)3(10)2-9-4/h3-6,9-12H,2H2,1H3,(H,8,13)/t3-,4-,5+,6+/m0/s1. The Kier molecular flexibility index (Phi) is 3.21. The number of nitrogens with one attached hydrogen (secondary N) is 2. The van der Waals surface area contributed by atoms with Gasteiger partial charge < -0.3 is 26.0 Å². The van der Waals surface area contributed by atoms with E-state index in [2.05, 4.69) is 10.6 Å². The van der Waals surface area contributed by atoms with Crippen LogP contribution in [-0.2, 0) is 4.79 Å². The van der Waals surface area contributed by atoms with Crippen LogP contribution in [0.15, 0.2) is 0 Å². The van der Waals surface area contributed by atoms with E-state index < -0.39 is 30.3 Å². The summed E-state index contributed by atoms with van der Waals surface area (Å²) in [7, 11) is 1.44. The van der Waals surface area contributed by atoms with E-state index in [1.807, 2.05) is 0 Å². The average Bonchev–Trinajstić information content (AvgIpc) is 2.13. The predicted octanol–water partition coefficient (Wildman–Crippen LogP) is -3.21. The summed E-state index contributed by atoms with van der Waals surface area (Å²) in [6.45, 7) is 0.0936. The van der Waals surface area contributed by atoms with E-state index >= 15 is 0 Å². The average molecular weight is 190 g/mol. The topological polar surface area (TPSA) is 102 Å². The van der Waals surface area contributed by atoms with E-state index in [0.717, 1.165) is 0 Å². The van der Waals surface area contributed by atoms with Crippen molar-refractivity contribution in [2.45, 2.75) is 24.4 Å². The van der Waals surface area contributed by atoms with E-state index in [1.54, 1.807) is 0 Å². The molecule has 1 amide bonds. The molecule has 1 heterocycles. The summed E-state index contributed by atoms with van der Waals surface area (Å²) in [5.41, 5.74) is 0. The maximum absolute atomic E-state index is 11.1. The molecule has 0 aromatic carbocycles. The normalized spacial score (nSPS) is 40.0. The molecule has 4 atom stereocenters. The minimum atomic E-state index is -1.27. The largest absolute Gasteiger partial charge is 0.389 e. The van der Waals surface area contributed by atoms with Crippen molar-refractivity contribution in [3.05, 3.63) is 0 Å². The van der Waals surface area contributed by atoms with Gasteiger partial charge in [-0.15, -0.1) is 0 Å². The number of hydrogen-bond acceptors (Lipinski definition) is 5. The van der Waals surface area contributed by atoms with E-state index in [-0.39, 0.29) is 6.54 Å². The first-order chi connectivity index (χ1) is 6.07. The number of rotatable bonds is 1. The molecule has 0 unspecified atom stereocenters. The fraction of sp³-hybridized carbons (Fsp3) is 0.857. The fourth-order valence-electron chi connectivity index (χ4n) is 1.32. The van der Waals surface area contributed by atoms with Crippen molar-refractivity contribution in [1.29, 1.82) is 0 Å². The van der Waals surface area contributed by atoms with Gasteiger partial charge in [0.25, 0.3) is 0 Å². The first-order valence-electron chi connectivity index (χ1n) is 4.07. The van der Waals surface area contributed by atoms with Crippen LogP contribution in [0.5, 0.6) is 0 Å². The Morgan fingerprint density at radius 2 is 2.00 bits per heavy atom. The number of aliphatic hydroxyl groups is 3. The van der Waals surface area contributed by atoms with Gasteiger partial charge in [0.2, 0.25) is 5.91 Å². The highest BCUT2D eigenvalue weighted by atomic mass is 16.4. The van der Waals surface area contributed by atoms with E-state index in [0.29, 0.717) is 0 Å². The number of hydrogen-bond donors (Lipinski definition) is 5. The van der Waals surface area contributed by atoms with Gasteiger partial charge in [-0.1, -0.05) is 0 Å². The maximum Gasteiger partial charge on any atom is 0.239 e. The number of carbonyl (C=O) groups excluding carboxylic acids is 1. The Hall–Kier alpha value is -0.690.